The molecule has 0 radical (unpaired) electrons. The van der Waals surface area contributed by atoms with Gasteiger partial charge < -0.3 is 14.6 Å². The lowest BCUT2D eigenvalue weighted by Gasteiger charge is -2.15. The number of aryl methyl sites for hydroxylation is 1. The number of ether oxygens (including phenoxy) is 2. The van der Waals surface area contributed by atoms with Crippen LogP contribution in [-0.2, 0) is 16.1 Å². The lowest BCUT2D eigenvalue weighted by Crippen LogP contribution is -2.31. The van der Waals surface area contributed by atoms with Gasteiger partial charge in [-0.25, -0.2) is 0 Å². The van der Waals surface area contributed by atoms with Crippen LogP contribution in [0.15, 0.2) is 48.2 Å². The van der Waals surface area contributed by atoms with E-state index >= 15 is 0 Å². The number of benzene rings is 2. The molecule has 0 spiro atoms. The van der Waals surface area contributed by atoms with Gasteiger partial charge in [0.25, 0.3) is 11.8 Å². The maximum absolute atomic E-state index is 12.7. The molecule has 2 aliphatic heterocycles. The molecule has 0 unspecified atom stereocenters. The molecule has 2 amide bonds. The van der Waals surface area contributed by atoms with Crippen molar-refractivity contribution < 1.29 is 24.2 Å². The molecule has 0 aliphatic carbocycles. The third-order valence-corrected chi connectivity index (χ3v) is 4.26. The monoisotopic (exact) mass is 337 g/mol. The molecule has 4 rings (SSSR count). The molecule has 25 heavy (non-hydrogen) atoms. The van der Waals surface area contributed by atoms with Crippen molar-refractivity contribution in [1.29, 1.82) is 0 Å². The minimum Gasteiger partial charge on any atom is -0.502 e. The molecule has 2 aromatic carbocycles. The molecule has 0 saturated heterocycles. The van der Waals surface area contributed by atoms with E-state index in [1.807, 2.05) is 19.1 Å². The topological polar surface area (TPSA) is 76.1 Å². The Balaban J connectivity index is 1.61. The molecule has 0 fully saturated rings. The lowest BCUT2D eigenvalue weighted by atomic mass is 10.0. The Bertz CT molecular complexity index is 914. The summed E-state index contributed by atoms with van der Waals surface area (Å²) >= 11 is 0. The van der Waals surface area contributed by atoms with Crippen LogP contribution >= 0.6 is 0 Å². The maximum atomic E-state index is 12.7. The van der Waals surface area contributed by atoms with Crippen LogP contribution in [-0.4, -0.2) is 28.6 Å². The number of amides is 2. The molecule has 1 N–H and O–H groups in total. The van der Waals surface area contributed by atoms with Gasteiger partial charge in [-0.2, -0.15) is 0 Å². The summed E-state index contributed by atoms with van der Waals surface area (Å²) in [5.41, 5.74) is 2.29. The lowest BCUT2D eigenvalue weighted by molar-refractivity contribution is -0.138. The van der Waals surface area contributed by atoms with Gasteiger partial charge in [0, 0.05) is 0 Å². The van der Waals surface area contributed by atoms with Gasteiger partial charge in [0.1, 0.15) is 0 Å². The van der Waals surface area contributed by atoms with Crippen LogP contribution < -0.4 is 9.47 Å². The number of hydrogen-bond donors (Lipinski definition) is 1. The van der Waals surface area contributed by atoms with Crippen molar-refractivity contribution in [2.45, 2.75) is 13.5 Å². The van der Waals surface area contributed by atoms with E-state index in [4.69, 9.17) is 9.47 Å². The van der Waals surface area contributed by atoms with Gasteiger partial charge in [-0.3, -0.25) is 14.5 Å². The second-order valence-electron chi connectivity index (χ2n) is 5.97. The number of aliphatic hydroxyl groups is 1. The number of imide groups is 1. The molecule has 0 saturated carbocycles. The smallest absolute Gasteiger partial charge is 0.296 e. The van der Waals surface area contributed by atoms with E-state index in [1.54, 1.807) is 30.3 Å². The van der Waals surface area contributed by atoms with Crippen LogP contribution in [0.3, 0.4) is 0 Å². The Labute approximate surface area is 143 Å². The first-order valence-electron chi connectivity index (χ1n) is 7.79. The van der Waals surface area contributed by atoms with Gasteiger partial charge in [0.05, 0.1) is 12.1 Å². The Morgan fingerprint density at radius 3 is 2.48 bits per heavy atom. The van der Waals surface area contributed by atoms with E-state index in [9.17, 15) is 14.7 Å². The highest BCUT2D eigenvalue weighted by molar-refractivity contribution is 6.34. The Hall–Kier alpha value is -3.28. The number of aliphatic hydroxyl groups excluding tert-OH is 1. The minimum absolute atomic E-state index is 0.0331. The second-order valence-corrected chi connectivity index (χ2v) is 5.97. The molecule has 0 aromatic heterocycles. The number of rotatable bonds is 3. The predicted octanol–water partition coefficient (Wildman–Crippen LogP) is 2.56. The highest BCUT2D eigenvalue weighted by Gasteiger charge is 2.39. The van der Waals surface area contributed by atoms with Gasteiger partial charge in [0.2, 0.25) is 6.79 Å². The summed E-state index contributed by atoms with van der Waals surface area (Å²) in [5.74, 6) is -0.520. The largest absolute Gasteiger partial charge is 0.502 e. The summed E-state index contributed by atoms with van der Waals surface area (Å²) in [6.07, 6.45) is 0. The van der Waals surface area contributed by atoms with E-state index in [2.05, 4.69) is 0 Å². The first-order valence-corrected chi connectivity index (χ1v) is 7.79. The zero-order valence-electron chi connectivity index (χ0n) is 13.5. The van der Waals surface area contributed by atoms with Crippen molar-refractivity contribution in [2.75, 3.05) is 6.79 Å². The summed E-state index contributed by atoms with van der Waals surface area (Å²) in [4.78, 5) is 26.1. The molecule has 0 bridgehead atoms. The quantitative estimate of drug-likeness (QED) is 0.871. The van der Waals surface area contributed by atoms with Crippen LogP contribution in [0.1, 0.15) is 16.7 Å². The molecular formula is C19H15NO5. The van der Waals surface area contributed by atoms with Gasteiger partial charge in [-0.15, -0.1) is 0 Å². The van der Waals surface area contributed by atoms with E-state index in [1.165, 1.54) is 0 Å². The number of carbonyl (C=O) groups is 2. The van der Waals surface area contributed by atoms with Gasteiger partial charge in [-0.05, 0) is 30.2 Å². The van der Waals surface area contributed by atoms with Gasteiger partial charge in [0.15, 0.2) is 17.3 Å². The summed E-state index contributed by atoms with van der Waals surface area (Å²) in [7, 11) is 0. The van der Waals surface area contributed by atoms with Crippen molar-refractivity contribution in [3.63, 3.8) is 0 Å². The SMILES string of the molecule is Cc1ccc(C2=C(O)C(=O)N(Cc3ccc4c(c3)OCO4)C2=O)cc1. The zero-order chi connectivity index (χ0) is 17.6. The van der Waals surface area contributed by atoms with Crippen molar-refractivity contribution >= 4 is 17.4 Å². The van der Waals surface area contributed by atoms with E-state index < -0.39 is 17.6 Å². The Kier molecular flexibility index (Phi) is 3.46. The second kappa shape index (κ2) is 5.66. The fraction of sp³-hybridized carbons (Fsp3) is 0.158. The van der Waals surface area contributed by atoms with Crippen LogP contribution in [0.5, 0.6) is 11.5 Å². The molecule has 2 aliphatic rings. The average molecular weight is 337 g/mol. The molecule has 0 atom stereocenters. The molecular weight excluding hydrogens is 322 g/mol. The zero-order valence-corrected chi connectivity index (χ0v) is 13.5. The number of fused-ring (bicyclic) bond motifs is 1. The van der Waals surface area contributed by atoms with E-state index in [-0.39, 0.29) is 18.9 Å². The molecule has 2 aromatic rings. The minimum atomic E-state index is -0.696. The van der Waals surface area contributed by atoms with Crippen molar-refractivity contribution in [3.8, 4) is 11.5 Å². The molecule has 2 heterocycles. The first-order chi connectivity index (χ1) is 12.0. The van der Waals surface area contributed by atoms with E-state index in [0.717, 1.165) is 10.5 Å². The highest BCUT2D eigenvalue weighted by Crippen LogP contribution is 2.34. The Morgan fingerprint density at radius 1 is 1.00 bits per heavy atom. The van der Waals surface area contributed by atoms with E-state index in [0.29, 0.717) is 22.6 Å². The van der Waals surface area contributed by atoms with Gasteiger partial charge >= 0.3 is 0 Å². The van der Waals surface area contributed by atoms with Crippen LogP contribution in [0, 0.1) is 6.92 Å². The molecule has 126 valence electrons. The van der Waals surface area contributed by atoms with Crippen molar-refractivity contribution in [1.82, 2.24) is 4.90 Å². The summed E-state index contributed by atoms with van der Waals surface area (Å²) in [6, 6.07) is 12.3. The fourth-order valence-electron chi connectivity index (χ4n) is 2.91. The van der Waals surface area contributed by atoms with Crippen LogP contribution in [0.4, 0.5) is 0 Å². The fourth-order valence-corrected chi connectivity index (χ4v) is 2.91. The van der Waals surface area contributed by atoms with Crippen molar-refractivity contribution in [3.05, 3.63) is 64.9 Å². The van der Waals surface area contributed by atoms with Crippen molar-refractivity contribution in [2.24, 2.45) is 0 Å². The van der Waals surface area contributed by atoms with Gasteiger partial charge in [-0.1, -0.05) is 35.9 Å². The number of nitrogens with zero attached hydrogens (tertiary/aromatic N) is 1. The van der Waals surface area contributed by atoms with Crippen LogP contribution in [0.2, 0.25) is 0 Å². The summed E-state index contributed by atoms with van der Waals surface area (Å²) < 4.78 is 10.6. The average Bonchev–Trinajstić information content (AvgIpc) is 3.15. The Morgan fingerprint density at radius 2 is 1.72 bits per heavy atom. The summed E-state index contributed by atoms with van der Waals surface area (Å²) in [6.45, 7) is 2.12. The number of carbonyl (C=O) groups excluding carboxylic acids is 2. The predicted molar refractivity (Wildman–Crippen MR) is 88.8 cm³/mol. The molecule has 6 nitrogen and oxygen atoms in total. The van der Waals surface area contributed by atoms with Crippen LogP contribution in [0.25, 0.3) is 5.57 Å². The highest BCUT2D eigenvalue weighted by atomic mass is 16.7. The standard InChI is InChI=1S/C19H15NO5/c1-11-2-5-13(6-3-11)16-17(21)19(23)20(18(16)22)9-12-4-7-14-15(8-12)25-10-24-14/h2-8,21H,9-10H2,1H3. The maximum Gasteiger partial charge on any atom is 0.296 e. The number of hydrogen-bond acceptors (Lipinski definition) is 5. The molecule has 6 heteroatoms. The third-order valence-electron chi connectivity index (χ3n) is 4.26. The first kappa shape index (κ1) is 15.3. The summed E-state index contributed by atoms with van der Waals surface area (Å²) in [5, 5.41) is 10.2. The third kappa shape index (κ3) is 2.52. The normalized spacial score (nSPS) is 16.1.